The highest BCUT2D eigenvalue weighted by Gasteiger charge is 2.03. The van der Waals surface area contributed by atoms with Crippen molar-refractivity contribution in [3.8, 4) is 0 Å². The van der Waals surface area contributed by atoms with Crippen molar-refractivity contribution in [2.75, 3.05) is 17.3 Å². The van der Waals surface area contributed by atoms with Gasteiger partial charge < -0.3 is 11.1 Å². The van der Waals surface area contributed by atoms with Crippen molar-refractivity contribution >= 4 is 56.8 Å². The molecule has 0 aliphatic heterocycles. The molecule has 2 rings (SSSR count). The Morgan fingerprint density at radius 3 is 2.77 bits per heavy atom. The molecule has 22 heavy (non-hydrogen) atoms. The van der Waals surface area contributed by atoms with E-state index in [1.165, 1.54) is 9.79 Å². The lowest BCUT2D eigenvalue weighted by atomic mass is 10.3. The molecule has 0 fully saturated rings. The minimum absolute atomic E-state index is 0.373. The van der Waals surface area contributed by atoms with Crippen molar-refractivity contribution in [3.63, 3.8) is 0 Å². The van der Waals surface area contributed by atoms with E-state index in [-0.39, 0.29) is 0 Å². The predicted octanol–water partition coefficient (Wildman–Crippen LogP) is 5.34. The molecule has 0 saturated carbocycles. The Balaban J connectivity index is 2.19. The molecule has 6 heteroatoms. The van der Waals surface area contributed by atoms with Crippen LogP contribution in [0, 0.1) is 0 Å². The highest BCUT2D eigenvalue weighted by atomic mass is 79.9. The number of thioether (sulfide) groups is 2. The molecule has 0 amide bonds. The van der Waals surface area contributed by atoms with Gasteiger partial charge in [-0.05, 0) is 64.3 Å². The van der Waals surface area contributed by atoms with Crippen LogP contribution in [-0.4, -0.2) is 18.0 Å². The molecule has 3 nitrogen and oxygen atoms in total. The number of nitrogens with two attached hydrogens (primary N) is 1. The summed E-state index contributed by atoms with van der Waals surface area (Å²) in [6.07, 6.45) is 2.05. The van der Waals surface area contributed by atoms with Gasteiger partial charge >= 0.3 is 0 Å². The lowest BCUT2D eigenvalue weighted by Crippen LogP contribution is -2.21. The van der Waals surface area contributed by atoms with Gasteiger partial charge in [0.05, 0.1) is 5.69 Å². The van der Waals surface area contributed by atoms with Crippen molar-refractivity contribution in [3.05, 3.63) is 46.9 Å². The Hall–Kier alpha value is -1.11. The van der Waals surface area contributed by atoms with E-state index in [0.29, 0.717) is 5.96 Å². The minimum Gasteiger partial charge on any atom is -0.369 e. The Labute approximate surface area is 148 Å². The summed E-state index contributed by atoms with van der Waals surface area (Å²) in [4.78, 5) is 6.83. The lowest BCUT2D eigenvalue weighted by molar-refractivity contribution is 1.35. The van der Waals surface area contributed by atoms with E-state index in [0.717, 1.165) is 21.6 Å². The van der Waals surface area contributed by atoms with Gasteiger partial charge in [-0.3, -0.25) is 0 Å². The second-order valence-electron chi connectivity index (χ2n) is 4.40. The third kappa shape index (κ3) is 4.97. The van der Waals surface area contributed by atoms with Crippen LogP contribution < -0.4 is 11.1 Å². The molecule has 0 unspecified atom stereocenters. The SMILES string of the molecule is CCSc1ccc(Br)c(N=C(N)Nc2cccc(SC)c2)c1. The van der Waals surface area contributed by atoms with Gasteiger partial charge in [0.1, 0.15) is 0 Å². The van der Waals surface area contributed by atoms with Crippen LogP contribution in [0.3, 0.4) is 0 Å². The molecule has 0 atom stereocenters. The van der Waals surface area contributed by atoms with Gasteiger partial charge in [-0.1, -0.05) is 13.0 Å². The number of rotatable bonds is 5. The fourth-order valence-electron chi connectivity index (χ4n) is 1.84. The van der Waals surface area contributed by atoms with Crippen LogP contribution in [0.1, 0.15) is 6.92 Å². The average Bonchev–Trinajstić information content (AvgIpc) is 2.51. The number of hydrogen-bond donors (Lipinski definition) is 2. The van der Waals surface area contributed by atoms with Crippen molar-refractivity contribution < 1.29 is 0 Å². The third-order valence-corrected chi connectivity index (χ3v) is 5.08. The minimum atomic E-state index is 0.373. The number of aliphatic imine (C=N–C) groups is 1. The number of hydrogen-bond acceptors (Lipinski definition) is 3. The van der Waals surface area contributed by atoms with Gasteiger partial charge in [0, 0.05) is 20.0 Å². The molecule has 0 aromatic heterocycles. The van der Waals surface area contributed by atoms with Crippen molar-refractivity contribution in [1.29, 1.82) is 0 Å². The van der Waals surface area contributed by atoms with E-state index in [1.807, 2.05) is 36.6 Å². The van der Waals surface area contributed by atoms with E-state index in [4.69, 9.17) is 5.73 Å². The second-order valence-corrected chi connectivity index (χ2v) is 7.47. The van der Waals surface area contributed by atoms with E-state index in [9.17, 15) is 0 Å². The fourth-order valence-corrected chi connectivity index (χ4v) is 3.33. The second kappa shape index (κ2) is 8.50. The molecule has 0 aliphatic carbocycles. The quantitative estimate of drug-likeness (QED) is 0.407. The highest BCUT2D eigenvalue weighted by molar-refractivity contribution is 9.10. The van der Waals surface area contributed by atoms with Gasteiger partial charge in [-0.25, -0.2) is 4.99 Å². The summed E-state index contributed by atoms with van der Waals surface area (Å²) < 4.78 is 0.926. The maximum absolute atomic E-state index is 6.03. The van der Waals surface area contributed by atoms with E-state index in [1.54, 1.807) is 23.5 Å². The first-order valence-corrected chi connectivity index (χ1v) is 9.80. The van der Waals surface area contributed by atoms with Gasteiger partial charge in [-0.15, -0.1) is 23.5 Å². The van der Waals surface area contributed by atoms with Crippen LogP contribution in [0.5, 0.6) is 0 Å². The molecule has 0 saturated heterocycles. The van der Waals surface area contributed by atoms with Crippen molar-refractivity contribution in [2.45, 2.75) is 16.7 Å². The van der Waals surface area contributed by atoms with Gasteiger partial charge in [0.15, 0.2) is 5.96 Å². The number of nitrogens with one attached hydrogen (secondary N) is 1. The van der Waals surface area contributed by atoms with Gasteiger partial charge in [0.2, 0.25) is 0 Å². The zero-order valence-electron chi connectivity index (χ0n) is 12.5. The van der Waals surface area contributed by atoms with Crippen LogP contribution in [-0.2, 0) is 0 Å². The van der Waals surface area contributed by atoms with Crippen LogP contribution >= 0.6 is 39.5 Å². The fraction of sp³-hybridized carbons (Fsp3) is 0.188. The first-order chi connectivity index (χ1) is 10.6. The molecule has 0 spiro atoms. The molecule has 2 aromatic carbocycles. The van der Waals surface area contributed by atoms with Crippen LogP contribution in [0.4, 0.5) is 11.4 Å². The summed E-state index contributed by atoms with van der Waals surface area (Å²) in [6.45, 7) is 2.13. The van der Waals surface area contributed by atoms with Gasteiger partial charge in [0.25, 0.3) is 0 Å². The maximum atomic E-state index is 6.03. The lowest BCUT2D eigenvalue weighted by Gasteiger charge is -2.08. The van der Waals surface area contributed by atoms with Crippen LogP contribution in [0.15, 0.2) is 61.7 Å². The number of anilines is 1. The largest absolute Gasteiger partial charge is 0.369 e. The summed E-state index contributed by atoms with van der Waals surface area (Å²) in [5.74, 6) is 1.40. The van der Waals surface area contributed by atoms with Crippen molar-refractivity contribution in [1.82, 2.24) is 0 Å². The Bertz CT molecular complexity index is 674. The molecule has 2 aromatic rings. The van der Waals surface area contributed by atoms with E-state index >= 15 is 0 Å². The Morgan fingerprint density at radius 1 is 1.23 bits per heavy atom. The number of nitrogens with zero attached hydrogens (tertiary/aromatic N) is 1. The number of benzene rings is 2. The highest BCUT2D eigenvalue weighted by Crippen LogP contribution is 2.30. The Morgan fingerprint density at radius 2 is 2.05 bits per heavy atom. The van der Waals surface area contributed by atoms with E-state index < -0.39 is 0 Å². The molecular weight excluding hydrogens is 378 g/mol. The summed E-state index contributed by atoms with van der Waals surface area (Å²) in [5.41, 5.74) is 7.78. The summed E-state index contributed by atoms with van der Waals surface area (Å²) in [6, 6.07) is 14.2. The molecule has 3 N–H and O–H groups in total. The average molecular weight is 396 g/mol. The maximum Gasteiger partial charge on any atom is 0.198 e. The molecule has 0 aliphatic rings. The molecule has 116 valence electrons. The monoisotopic (exact) mass is 395 g/mol. The first kappa shape index (κ1) is 17.2. The Kier molecular flexibility index (Phi) is 6.67. The standard InChI is InChI=1S/C16H18BrN3S2/c1-3-22-13-7-8-14(17)15(10-13)20-16(18)19-11-5-4-6-12(9-11)21-2/h4-10H,3H2,1-2H3,(H3,18,19,20). The number of guanidine groups is 1. The summed E-state index contributed by atoms with van der Waals surface area (Å²) in [7, 11) is 0. The van der Waals surface area contributed by atoms with Crippen LogP contribution in [0.25, 0.3) is 0 Å². The zero-order valence-corrected chi connectivity index (χ0v) is 15.7. The predicted molar refractivity (Wildman–Crippen MR) is 104 cm³/mol. The van der Waals surface area contributed by atoms with Crippen LogP contribution in [0.2, 0.25) is 0 Å². The molecule has 0 radical (unpaired) electrons. The van der Waals surface area contributed by atoms with Gasteiger partial charge in [-0.2, -0.15) is 0 Å². The summed E-state index contributed by atoms with van der Waals surface area (Å²) >= 11 is 6.99. The number of halogens is 1. The normalized spacial score (nSPS) is 11.5. The molecule has 0 bridgehead atoms. The molecule has 0 heterocycles. The third-order valence-electron chi connectivity index (χ3n) is 2.81. The topological polar surface area (TPSA) is 50.4 Å². The van der Waals surface area contributed by atoms with Crippen molar-refractivity contribution in [2.24, 2.45) is 10.7 Å². The molecular formula is C16H18BrN3S2. The smallest absolute Gasteiger partial charge is 0.198 e. The summed E-state index contributed by atoms with van der Waals surface area (Å²) in [5, 5.41) is 3.13. The van der Waals surface area contributed by atoms with E-state index in [2.05, 4.69) is 45.3 Å². The first-order valence-electron chi connectivity index (χ1n) is 6.80. The zero-order chi connectivity index (χ0) is 15.9.